The van der Waals surface area contributed by atoms with Gasteiger partial charge in [0.05, 0.1) is 0 Å². The molecule has 1 aromatic heterocycles. The molecular formula is C32H22S. The highest BCUT2D eigenvalue weighted by Gasteiger charge is 2.22. The Morgan fingerprint density at radius 1 is 0.667 bits per heavy atom. The summed E-state index contributed by atoms with van der Waals surface area (Å²) in [5.74, 6) is 0. The minimum atomic E-state index is 1.07. The summed E-state index contributed by atoms with van der Waals surface area (Å²) in [5.41, 5.74) is 10.2. The van der Waals surface area contributed by atoms with Gasteiger partial charge in [-0.2, -0.15) is 0 Å². The number of thiophene rings is 1. The lowest BCUT2D eigenvalue weighted by molar-refractivity contribution is 0.996. The van der Waals surface area contributed by atoms with Gasteiger partial charge in [-0.05, 0) is 64.4 Å². The van der Waals surface area contributed by atoms with E-state index in [1.807, 2.05) is 23.5 Å². The zero-order valence-corrected chi connectivity index (χ0v) is 19.0. The van der Waals surface area contributed by atoms with E-state index in [4.69, 9.17) is 0 Å². The fraction of sp³-hybridized carbons (Fsp3) is 0.0625. The summed E-state index contributed by atoms with van der Waals surface area (Å²) in [5, 5.41) is 0. The van der Waals surface area contributed by atoms with Crippen molar-refractivity contribution in [3.8, 4) is 43.1 Å². The standard InChI is InChI=1S/C32H22S/c1-4-12-23(13-5-1)26-20-21-27(24-14-6-2-7-15-24)30(22-26)32-29-19-11-10-18-28(29)31(33-32)25-16-8-3-9-17-25/h1-6,8-10,12-14,16-18,20-22H,11,19H2. The number of fused-ring (bicyclic) bond motifs is 1. The second kappa shape index (κ2) is 8.58. The van der Waals surface area contributed by atoms with E-state index in [0.717, 1.165) is 18.4 Å². The molecule has 5 aromatic rings. The van der Waals surface area contributed by atoms with Crippen LogP contribution in [-0.4, -0.2) is 0 Å². The van der Waals surface area contributed by atoms with Gasteiger partial charge in [0.25, 0.3) is 0 Å². The first-order valence-electron chi connectivity index (χ1n) is 11.3. The van der Waals surface area contributed by atoms with E-state index in [-0.39, 0.29) is 0 Å². The molecule has 6 rings (SSSR count). The van der Waals surface area contributed by atoms with E-state index >= 15 is 0 Å². The van der Waals surface area contributed by atoms with E-state index in [1.54, 1.807) is 0 Å². The molecule has 0 saturated heterocycles. The molecule has 1 heterocycles. The number of benzene rings is 3. The van der Waals surface area contributed by atoms with Crippen molar-refractivity contribution in [3.63, 3.8) is 0 Å². The molecule has 1 aliphatic carbocycles. The van der Waals surface area contributed by atoms with Crippen LogP contribution in [0.3, 0.4) is 0 Å². The van der Waals surface area contributed by atoms with Gasteiger partial charge in [-0.25, -0.2) is 0 Å². The van der Waals surface area contributed by atoms with Crippen molar-refractivity contribution >= 4 is 17.4 Å². The normalized spacial score (nSPS) is 12.2. The van der Waals surface area contributed by atoms with E-state index in [0.29, 0.717) is 0 Å². The molecule has 0 saturated carbocycles. The van der Waals surface area contributed by atoms with Crippen LogP contribution in [0, 0.1) is 12.1 Å². The molecule has 1 heteroatoms. The molecule has 0 radical (unpaired) electrons. The van der Waals surface area contributed by atoms with Crippen molar-refractivity contribution in [1.29, 1.82) is 0 Å². The van der Waals surface area contributed by atoms with E-state index in [1.165, 1.54) is 48.7 Å². The van der Waals surface area contributed by atoms with Crippen LogP contribution in [0.25, 0.3) is 49.2 Å². The van der Waals surface area contributed by atoms with E-state index in [2.05, 4.69) is 109 Å². The van der Waals surface area contributed by atoms with Crippen molar-refractivity contribution < 1.29 is 0 Å². The van der Waals surface area contributed by atoms with Crippen LogP contribution in [-0.2, 0) is 6.42 Å². The summed E-state index contributed by atoms with van der Waals surface area (Å²) >= 11 is 1.92. The second-order valence-electron chi connectivity index (χ2n) is 8.29. The largest absolute Gasteiger partial charge is 0.134 e. The predicted octanol–water partition coefficient (Wildman–Crippen LogP) is 8.98. The average molecular weight is 439 g/mol. The third-order valence-corrected chi connectivity index (χ3v) is 7.57. The Labute approximate surface area is 199 Å². The maximum absolute atomic E-state index is 3.34. The highest BCUT2D eigenvalue weighted by molar-refractivity contribution is 7.19. The maximum Gasteiger partial charge on any atom is 0.0424 e. The summed E-state index contributed by atoms with van der Waals surface area (Å²) in [6, 6.07) is 40.9. The van der Waals surface area contributed by atoms with Gasteiger partial charge >= 0.3 is 0 Å². The van der Waals surface area contributed by atoms with E-state index in [9.17, 15) is 0 Å². The van der Waals surface area contributed by atoms with Gasteiger partial charge in [-0.1, -0.05) is 103 Å². The van der Waals surface area contributed by atoms with Crippen molar-refractivity contribution in [1.82, 2.24) is 0 Å². The second-order valence-corrected chi connectivity index (χ2v) is 9.32. The topological polar surface area (TPSA) is 0 Å². The van der Waals surface area contributed by atoms with Crippen molar-refractivity contribution in [2.45, 2.75) is 12.8 Å². The zero-order valence-electron chi connectivity index (χ0n) is 18.2. The Balaban J connectivity index is 1.61. The lowest BCUT2D eigenvalue weighted by atomic mass is 9.90. The number of allylic oxidation sites excluding steroid dienone is 1. The molecule has 0 N–H and O–H groups in total. The average Bonchev–Trinajstić information content (AvgIpc) is 3.30. The van der Waals surface area contributed by atoms with Crippen LogP contribution in [0.15, 0.2) is 103 Å². The van der Waals surface area contributed by atoms with Gasteiger partial charge in [0.1, 0.15) is 0 Å². The molecule has 0 spiro atoms. The Morgan fingerprint density at radius 3 is 2.21 bits per heavy atom. The maximum atomic E-state index is 3.34. The number of hydrogen-bond donors (Lipinski definition) is 0. The number of rotatable bonds is 4. The molecule has 0 amide bonds. The lowest BCUT2D eigenvalue weighted by Crippen LogP contribution is -1.94. The van der Waals surface area contributed by atoms with Gasteiger partial charge in [0.15, 0.2) is 0 Å². The van der Waals surface area contributed by atoms with Gasteiger partial charge in [0, 0.05) is 20.9 Å². The molecule has 156 valence electrons. The monoisotopic (exact) mass is 438 g/mol. The predicted molar refractivity (Wildman–Crippen MR) is 141 cm³/mol. The van der Waals surface area contributed by atoms with Crippen LogP contribution in [0.1, 0.15) is 17.5 Å². The summed E-state index contributed by atoms with van der Waals surface area (Å²) in [6.45, 7) is 0. The summed E-state index contributed by atoms with van der Waals surface area (Å²) in [4.78, 5) is 2.73. The van der Waals surface area contributed by atoms with Crippen molar-refractivity contribution in [3.05, 3.63) is 126 Å². The van der Waals surface area contributed by atoms with Crippen LogP contribution >= 0.6 is 11.3 Å². The summed E-state index contributed by atoms with van der Waals surface area (Å²) in [6.07, 6.45) is 6.80. The molecule has 0 nitrogen and oxygen atoms in total. The highest BCUT2D eigenvalue weighted by Crippen LogP contribution is 2.48. The van der Waals surface area contributed by atoms with E-state index < -0.39 is 0 Å². The number of hydrogen-bond acceptors (Lipinski definition) is 1. The first-order valence-corrected chi connectivity index (χ1v) is 12.2. The van der Waals surface area contributed by atoms with Crippen LogP contribution in [0.4, 0.5) is 0 Å². The molecule has 0 atom stereocenters. The third kappa shape index (κ3) is 3.69. The SMILES string of the molecule is c1cccc(-c2ccc(-c3ccccc3)cc2-c2sc(-c3ccccc3)c3c2CCC=C3)c#1. The molecule has 0 fully saturated rings. The lowest BCUT2D eigenvalue weighted by Gasteiger charge is -2.14. The quantitative estimate of drug-likeness (QED) is 0.263. The van der Waals surface area contributed by atoms with Gasteiger partial charge in [-0.15, -0.1) is 11.3 Å². The molecule has 0 unspecified atom stereocenters. The Bertz CT molecular complexity index is 1420. The fourth-order valence-corrected chi connectivity index (χ4v) is 6.01. The van der Waals surface area contributed by atoms with Gasteiger partial charge in [-0.3, -0.25) is 0 Å². The fourth-order valence-electron chi connectivity index (χ4n) is 4.64. The molecule has 4 aromatic carbocycles. The van der Waals surface area contributed by atoms with Crippen molar-refractivity contribution in [2.24, 2.45) is 0 Å². The minimum absolute atomic E-state index is 1.07. The molecule has 0 aliphatic heterocycles. The minimum Gasteiger partial charge on any atom is -0.134 e. The molecule has 0 bridgehead atoms. The third-order valence-electron chi connectivity index (χ3n) is 6.24. The Morgan fingerprint density at radius 2 is 1.45 bits per heavy atom. The molecule has 33 heavy (non-hydrogen) atoms. The molecular weight excluding hydrogens is 416 g/mol. The highest BCUT2D eigenvalue weighted by atomic mass is 32.1. The van der Waals surface area contributed by atoms with Gasteiger partial charge < -0.3 is 0 Å². The van der Waals surface area contributed by atoms with Crippen LogP contribution in [0.2, 0.25) is 0 Å². The molecule has 1 aliphatic rings. The van der Waals surface area contributed by atoms with Crippen LogP contribution in [0.5, 0.6) is 0 Å². The summed E-state index contributed by atoms with van der Waals surface area (Å²) in [7, 11) is 0. The Hall–Kier alpha value is -3.86. The zero-order chi connectivity index (χ0) is 22.0. The van der Waals surface area contributed by atoms with Gasteiger partial charge in [0.2, 0.25) is 0 Å². The first-order chi connectivity index (χ1) is 16.4. The van der Waals surface area contributed by atoms with Crippen molar-refractivity contribution in [2.75, 3.05) is 0 Å². The van der Waals surface area contributed by atoms with Crippen LogP contribution < -0.4 is 0 Å². The smallest absolute Gasteiger partial charge is 0.0424 e. The first kappa shape index (κ1) is 19.8. The summed E-state index contributed by atoms with van der Waals surface area (Å²) < 4.78 is 0. The Kier molecular flexibility index (Phi) is 5.15.